The van der Waals surface area contributed by atoms with Crippen molar-refractivity contribution in [2.24, 2.45) is 0 Å². The van der Waals surface area contributed by atoms with Gasteiger partial charge in [0.15, 0.2) is 12.1 Å². The molecule has 3 atom stereocenters. The van der Waals surface area contributed by atoms with Gasteiger partial charge in [-0.15, -0.1) is 11.8 Å². The molecule has 206 valence electrons. The van der Waals surface area contributed by atoms with E-state index in [1.165, 1.54) is 33.4 Å². The molecule has 8 nitrogen and oxygen atoms in total. The highest BCUT2D eigenvalue weighted by molar-refractivity contribution is 9.09. The summed E-state index contributed by atoms with van der Waals surface area (Å²) in [5.41, 5.74) is 2.35. The van der Waals surface area contributed by atoms with Crippen molar-refractivity contribution in [3.63, 3.8) is 0 Å². The number of alkyl halides is 1. The molecular weight excluding hydrogens is 616 g/mol. The molecule has 5 rings (SSSR count). The number of thioether (sulfide) groups is 1. The Morgan fingerprint density at radius 3 is 2.27 bits per heavy atom. The predicted octanol–water partition coefficient (Wildman–Crippen LogP) is 4.21. The van der Waals surface area contributed by atoms with E-state index in [0.29, 0.717) is 5.33 Å². The van der Waals surface area contributed by atoms with Crippen LogP contribution in [0, 0.1) is 0 Å². The highest BCUT2D eigenvalue weighted by Gasteiger charge is 2.57. The minimum atomic E-state index is -1.32. The van der Waals surface area contributed by atoms with Crippen LogP contribution in [0.15, 0.2) is 88.5 Å². The van der Waals surface area contributed by atoms with Crippen molar-refractivity contribution in [3.8, 4) is 0 Å². The van der Waals surface area contributed by atoms with Gasteiger partial charge in [-0.1, -0.05) is 76.6 Å². The molecule has 3 aromatic rings. The zero-order chi connectivity index (χ0) is 28.1. The standard InChI is InChI=1S/C29H25BrN2O6S2/c30-12-13-37-28(35)21-17-40-27-23(31-22(33)15-18-11-14-39-16-18)26(34)32(27)24(21)29(36)38-25(19-7-3-1-4-8-19)20-9-5-2-6-10-20/h1-11,14,16-17,23-25,27H,12-13,15H2,(H,31,33)/t23?,24?,27-/m0/s1. The van der Waals surface area contributed by atoms with Gasteiger partial charge in [0, 0.05) is 5.33 Å². The van der Waals surface area contributed by atoms with E-state index in [1.807, 2.05) is 77.5 Å². The molecule has 1 aromatic heterocycles. The molecular formula is C29H25BrN2O6S2. The topological polar surface area (TPSA) is 102 Å². The number of β-lactam (4-membered cyclic amide) rings is 1. The zero-order valence-corrected chi connectivity index (χ0v) is 24.3. The van der Waals surface area contributed by atoms with Crippen LogP contribution >= 0.6 is 39.0 Å². The normalized spacial score (nSPS) is 19.8. The monoisotopic (exact) mass is 640 g/mol. The van der Waals surface area contributed by atoms with Crippen LogP contribution in [0.4, 0.5) is 0 Å². The Bertz CT molecular complexity index is 1360. The first-order valence-electron chi connectivity index (χ1n) is 12.5. The van der Waals surface area contributed by atoms with Crippen LogP contribution in [0.5, 0.6) is 0 Å². The number of nitrogens with zero attached hydrogens (tertiary/aromatic N) is 1. The number of halogens is 1. The molecule has 0 bridgehead atoms. The number of benzene rings is 2. The Balaban J connectivity index is 1.40. The molecule has 11 heteroatoms. The van der Waals surface area contributed by atoms with E-state index in [1.54, 1.807) is 0 Å². The van der Waals surface area contributed by atoms with Crippen molar-refractivity contribution in [2.45, 2.75) is 30.0 Å². The number of hydrogen-bond donors (Lipinski definition) is 1. The largest absolute Gasteiger partial charge is 0.461 e. The molecule has 0 saturated carbocycles. The molecule has 40 heavy (non-hydrogen) atoms. The van der Waals surface area contributed by atoms with Crippen LogP contribution in [-0.4, -0.2) is 58.0 Å². The van der Waals surface area contributed by atoms with Crippen molar-refractivity contribution in [1.29, 1.82) is 0 Å². The van der Waals surface area contributed by atoms with Crippen LogP contribution in [0.1, 0.15) is 22.8 Å². The van der Waals surface area contributed by atoms with E-state index in [9.17, 15) is 19.2 Å². The second-order valence-electron chi connectivity index (χ2n) is 9.06. The maximum Gasteiger partial charge on any atom is 0.337 e. The number of carbonyl (C=O) groups is 4. The van der Waals surface area contributed by atoms with Gasteiger partial charge in [0.05, 0.1) is 12.0 Å². The number of amides is 2. The molecule has 0 radical (unpaired) electrons. The van der Waals surface area contributed by atoms with Gasteiger partial charge in [-0.05, 0) is 38.9 Å². The van der Waals surface area contributed by atoms with E-state index in [-0.39, 0.29) is 24.5 Å². The second-order valence-corrected chi connectivity index (χ2v) is 11.6. The Labute approximate surface area is 247 Å². The molecule has 2 unspecified atom stereocenters. The first-order valence-corrected chi connectivity index (χ1v) is 15.5. The van der Waals surface area contributed by atoms with Crippen LogP contribution in [0.3, 0.4) is 0 Å². The number of nitrogens with one attached hydrogen (secondary N) is 1. The van der Waals surface area contributed by atoms with Gasteiger partial charge in [0.2, 0.25) is 11.8 Å². The quantitative estimate of drug-likeness (QED) is 0.201. The number of rotatable bonds is 10. The van der Waals surface area contributed by atoms with Crippen LogP contribution in [0.2, 0.25) is 0 Å². The lowest BCUT2D eigenvalue weighted by molar-refractivity contribution is -0.167. The predicted molar refractivity (Wildman–Crippen MR) is 156 cm³/mol. The van der Waals surface area contributed by atoms with E-state index in [4.69, 9.17) is 9.47 Å². The minimum absolute atomic E-state index is 0.0171. The minimum Gasteiger partial charge on any atom is -0.461 e. The lowest BCUT2D eigenvalue weighted by Gasteiger charge is -2.51. The van der Waals surface area contributed by atoms with Gasteiger partial charge < -0.3 is 19.7 Å². The lowest BCUT2D eigenvalue weighted by Crippen LogP contribution is -2.74. The second kappa shape index (κ2) is 12.8. The Morgan fingerprint density at radius 1 is 1.00 bits per heavy atom. The van der Waals surface area contributed by atoms with Crippen molar-refractivity contribution >= 4 is 62.8 Å². The maximum atomic E-state index is 13.9. The van der Waals surface area contributed by atoms with Gasteiger partial charge in [-0.3, -0.25) is 9.59 Å². The van der Waals surface area contributed by atoms with E-state index in [0.717, 1.165) is 16.7 Å². The summed E-state index contributed by atoms with van der Waals surface area (Å²) in [6, 6.07) is 18.2. The molecule has 2 aliphatic heterocycles. The van der Waals surface area contributed by atoms with Crippen LogP contribution in [-0.2, 0) is 35.1 Å². The SMILES string of the molecule is O=C(Cc1ccsc1)NC1C(=O)N2C(C(=O)OC(c3ccccc3)c3ccccc3)C(C(=O)OCCBr)=CS[C@@H]12. The van der Waals surface area contributed by atoms with E-state index in [2.05, 4.69) is 21.2 Å². The third kappa shape index (κ3) is 6.01. The van der Waals surface area contributed by atoms with Gasteiger partial charge in [0.1, 0.15) is 18.0 Å². The Kier molecular flexibility index (Phi) is 9.03. The van der Waals surface area contributed by atoms with Crippen molar-refractivity contribution in [1.82, 2.24) is 10.2 Å². The highest BCUT2D eigenvalue weighted by Crippen LogP contribution is 2.41. The summed E-state index contributed by atoms with van der Waals surface area (Å²) in [4.78, 5) is 54.1. The smallest absolute Gasteiger partial charge is 0.337 e. The molecule has 3 heterocycles. The zero-order valence-electron chi connectivity index (χ0n) is 21.1. The number of esters is 2. The molecule has 1 N–H and O–H groups in total. The summed E-state index contributed by atoms with van der Waals surface area (Å²) in [5, 5.41) is 7.92. The summed E-state index contributed by atoms with van der Waals surface area (Å²) >= 11 is 5.90. The lowest BCUT2D eigenvalue weighted by atomic mass is 9.97. The number of fused-ring (bicyclic) bond motifs is 1. The maximum absolute atomic E-state index is 13.9. The summed E-state index contributed by atoms with van der Waals surface area (Å²) in [5.74, 6) is -2.23. The average molecular weight is 642 g/mol. The number of hydrogen-bond acceptors (Lipinski definition) is 8. The number of carbonyl (C=O) groups excluding carboxylic acids is 4. The molecule has 2 amide bonds. The van der Waals surface area contributed by atoms with Gasteiger partial charge >= 0.3 is 11.9 Å². The van der Waals surface area contributed by atoms with E-state index < -0.39 is 41.4 Å². The summed E-state index contributed by atoms with van der Waals surface area (Å²) in [6.07, 6.45) is -0.619. The molecule has 2 aromatic carbocycles. The molecule has 2 aliphatic rings. The van der Waals surface area contributed by atoms with E-state index >= 15 is 0 Å². The van der Waals surface area contributed by atoms with Crippen LogP contribution < -0.4 is 5.32 Å². The van der Waals surface area contributed by atoms with Crippen molar-refractivity contribution < 1.29 is 28.7 Å². The first-order chi connectivity index (χ1) is 19.5. The van der Waals surface area contributed by atoms with Gasteiger partial charge in [0.25, 0.3) is 0 Å². The summed E-state index contributed by atoms with van der Waals surface area (Å²) in [6.45, 7) is 0.0951. The van der Waals surface area contributed by atoms with Gasteiger partial charge in [-0.25, -0.2) is 9.59 Å². The highest BCUT2D eigenvalue weighted by atomic mass is 79.9. The van der Waals surface area contributed by atoms with Gasteiger partial charge in [-0.2, -0.15) is 11.3 Å². The molecule has 1 fully saturated rings. The number of thiophene rings is 1. The Hall–Kier alpha value is -3.41. The van der Waals surface area contributed by atoms with Crippen molar-refractivity contribution in [3.05, 3.63) is 105 Å². The molecule has 0 spiro atoms. The number of ether oxygens (including phenoxy) is 2. The fourth-order valence-corrected chi connectivity index (χ4v) is 6.62. The van der Waals surface area contributed by atoms with Crippen LogP contribution in [0.25, 0.3) is 0 Å². The average Bonchev–Trinajstić information content (AvgIpc) is 3.50. The third-order valence-corrected chi connectivity index (χ3v) is 8.68. The first kappa shape index (κ1) is 28.1. The third-order valence-electron chi connectivity index (χ3n) is 6.46. The fraction of sp³-hybridized carbons (Fsp3) is 0.241. The molecule has 0 aliphatic carbocycles. The summed E-state index contributed by atoms with van der Waals surface area (Å²) < 4.78 is 11.3. The Morgan fingerprint density at radius 2 is 1.68 bits per heavy atom. The summed E-state index contributed by atoms with van der Waals surface area (Å²) in [7, 11) is 0. The van der Waals surface area contributed by atoms with Crippen molar-refractivity contribution in [2.75, 3.05) is 11.9 Å². The molecule has 1 saturated heterocycles. The fourth-order valence-electron chi connectivity index (χ4n) is 4.58.